The predicted octanol–water partition coefficient (Wildman–Crippen LogP) is 3.85. The van der Waals surface area contributed by atoms with Crippen LogP contribution in [0, 0.1) is 11.7 Å². The third-order valence-electron chi connectivity index (χ3n) is 5.48. The lowest BCUT2D eigenvalue weighted by molar-refractivity contribution is 0.181. The number of amides is 2. The Hall–Kier alpha value is -1.82. The summed E-state index contributed by atoms with van der Waals surface area (Å²) >= 11 is 0. The standard InChI is InChI=1S/C21H32FN3O2/c1-16-6-4-12-25(15-16)11-3-2-10-23-21(26)24-19-7-5-13-27-20-9-8-17(22)14-18(19)20/h8-9,14,16,19H,2-7,10-13,15H2,1H3,(H2,23,24,26)/t16-,19+/m1/s1. The number of nitrogens with one attached hydrogen (secondary N) is 2. The van der Waals surface area contributed by atoms with Gasteiger partial charge in [-0.1, -0.05) is 6.92 Å². The van der Waals surface area contributed by atoms with E-state index in [1.54, 1.807) is 6.07 Å². The Kier molecular flexibility index (Phi) is 7.33. The minimum absolute atomic E-state index is 0.191. The fourth-order valence-corrected chi connectivity index (χ4v) is 4.06. The van der Waals surface area contributed by atoms with Gasteiger partial charge in [-0.3, -0.25) is 0 Å². The van der Waals surface area contributed by atoms with Crippen molar-refractivity contribution in [2.75, 3.05) is 32.8 Å². The number of piperidine rings is 1. The largest absolute Gasteiger partial charge is 0.493 e. The fraction of sp³-hybridized carbons (Fsp3) is 0.667. The van der Waals surface area contributed by atoms with Crippen molar-refractivity contribution in [3.05, 3.63) is 29.6 Å². The molecule has 0 saturated carbocycles. The number of urea groups is 1. The Balaban J connectivity index is 1.39. The average molecular weight is 378 g/mol. The molecule has 2 aliphatic heterocycles. The topological polar surface area (TPSA) is 53.6 Å². The van der Waals surface area contributed by atoms with Gasteiger partial charge in [0.15, 0.2) is 0 Å². The van der Waals surface area contributed by atoms with E-state index in [-0.39, 0.29) is 17.9 Å². The number of carbonyl (C=O) groups excluding carboxylic acids is 1. The van der Waals surface area contributed by atoms with Gasteiger partial charge in [-0.2, -0.15) is 0 Å². The van der Waals surface area contributed by atoms with E-state index in [1.165, 1.54) is 38.1 Å². The molecule has 150 valence electrons. The van der Waals surface area contributed by atoms with Gasteiger partial charge in [0, 0.05) is 18.7 Å². The SMILES string of the molecule is C[C@@H]1CCCN(CCCCNC(=O)N[C@H]2CCCOc3ccc(F)cc32)C1. The first kappa shape index (κ1) is 19.9. The zero-order valence-electron chi connectivity index (χ0n) is 16.3. The van der Waals surface area contributed by atoms with Crippen molar-refractivity contribution >= 4 is 6.03 Å². The highest BCUT2D eigenvalue weighted by Crippen LogP contribution is 2.31. The Morgan fingerprint density at radius 2 is 2.19 bits per heavy atom. The minimum Gasteiger partial charge on any atom is -0.493 e. The molecule has 2 N–H and O–H groups in total. The van der Waals surface area contributed by atoms with Crippen LogP contribution in [0.2, 0.25) is 0 Å². The van der Waals surface area contributed by atoms with Crippen molar-refractivity contribution in [3.63, 3.8) is 0 Å². The molecule has 0 bridgehead atoms. The number of ether oxygens (including phenoxy) is 1. The Morgan fingerprint density at radius 1 is 1.30 bits per heavy atom. The highest BCUT2D eigenvalue weighted by Gasteiger charge is 2.22. The number of halogens is 1. The van der Waals surface area contributed by atoms with Crippen molar-refractivity contribution in [2.24, 2.45) is 5.92 Å². The van der Waals surface area contributed by atoms with Crippen molar-refractivity contribution in [1.82, 2.24) is 15.5 Å². The lowest BCUT2D eigenvalue weighted by Gasteiger charge is -2.30. The number of carbonyl (C=O) groups is 1. The summed E-state index contributed by atoms with van der Waals surface area (Å²) in [7, 11) is 0. The predicted molar refractivity (Wildman–Crippen MR) is 104 cm³/mol. The molecule has 5 nitrogen and oxygen atoms in total. The lowest BCUT2D eigenvalue weighted by Crippen LogP contribution is -2.39. The second-order valence-electron chi connectivity index (χ2n) is 7.88. The maximum Gasteiger partial charge on any atom is 0.315 e. The first-order chi connectivity index (χ1) is 13.1. The highest BCUT2D eigenvalue weighted by atomic mass is 19.1. The molecule has 1 saturated heterocycles. The summed E-state index contributed by atoms with van der Waals surface area (Å²) in [4.78, 5) is 14.8. The zero-order chi connectivity index (χ0) is 19.1. The molecule has 1 fully saturated rings. The van der Waals surface area contributed by atoms with Crippen LogP contribution in [0.5, 0.6) is 5.75 Å². The molecule has 0 unspecified atom stereocenters. The number of fused-ring (bicyclic) bond motifs is 1. The molecule has 27 heavy (non-hydrogen) atoms. The lowest BCUT2D eigenvalue weighted by atomic mass is 10.0. The normalized spacial score (nSPS) is 23.0. The van der Waals surface area contributed by atoms with Crippen molar-refractivity contribution < 1.29 is 13.9 Å². The Labute approximate surface area is 161 Å². The zero-order valence-corrected chi connectivity index (χ0v) is 16.3. The third kappa shape index (κ3) is 6.09. The number of unbranched alkanes of at least 4 members (excludes halogenated alkanes) is 1. The van der Waals surface area contributed by atoms with E-state index < -0.39 is 0 Å². The number of rotatable bonds is 6. The smallest absolute Gasteiger partial charge is 0.315 e. The van der Waals surface area contributed by atoms with Crippen LogP contribution in [0.1, 0.15) is 57.1 Å². The maximum atomic E-state index is 13.6. The summed E-state index contributed by atoms with van der Waals surface area (Å²) in [6.07, 6.45) is 6.29. The molecule has 1 aromatic rings. The van der Waals surface area contributed by atoms with Gasteiger partial charge < -0.3 is 20.3 Å². The van der Waals surface area contributed by atoms with Crippen LogP contribution >= 0.6 is 0 Å². The van der Waals surface area contributed by atoms with Gasteiger partial charge in [0.2, 0.25) is 0 Å². The second kappa shape index (κ2) is 9.93. The van der Waals surface area contributed by atoms with Crippen molar-refractivity contribution in [2.45, 2.75) is 51.5 Å². The van der Waals surface area contributed by atoms with Crippen molar-refractivity contribution in [3.8, 4) is 5.75 Å². The summed E-state index contributed by atoms with van der Waals surface area (Å²) in [5.41, 5.74) is 0.724. The first-order valence-corrected chi connectivity index (χ1v) is 10.3. The Morgan fingerprint density at radius 3 is 3.04 bits per heavy atom. The minimum atomic E-state index is -0.307. The molecule has 0 spiro atoms. The molecular weight excluding hydrogens is 345 g/mol. The molecule has 2 amide bonds. The van der Waals surface area contributed by atoms with E-state index in [9.17, 15) is 9.18 Å². The molecule has 6 heteroatoms. The highest BCUT2D eigenvalue weighted by molar-refractivity contribution is 5.74. The molecule has 3 rings (SSSR count). The quantitative estimate of drug-likeness (QED) is 0.741. The van der Waals surface area contributed by atoms with Gasteiger partial charge >= 0.3 is 6.03 Å². The maximum absolute atomic E-state index is 13.6. The van der Waals surface area contributed by atoms with Gasteiger partial charge in [0.1, 0.15) is 11.6 Å². The average Bonchev–Trinajstić information content (AvgIpc) is 2.84. The Bertz CT molecular complexity index is 625. The summed E-state index contributed by atoms with van der Waals surface area (Å²) in [5.74, 6) is 1.16. The summed E-state index contributed by atoms with van der Waals surface area (Å²) in [6, 6.07) is 4.09. The molecule has 0 aliphatic carbocycles. The molecule has 1 aromatic carbocycles. The first-order valence-electron chi connectivity index (χ1n) is 10.3. The molecule has 0 radical (unpaired) electrons. The van der Waals surface area contributed by atoms with E-state index >= 15 is 0 Å². The van der Waals surface area contributed by atoms with Gasteiger partial charge in [-0.05, 0) is 75.7 Å². The van der Waals surface area contributed by atoms with Gasteiger partial charge in [-0.15, -0.1) is 0 Å². The van der Waals surface area contributed by atoms with Gasteiger partial charge in [-0.25, -0.2) is 9.18 Å². The number of hydrogen-bond acceptors (Lipinski definition) is 3. The van der Waals surface area contributed by atoms with Crippen LogP contribution < -0.4 is 15.4 Å². The van der Waals surface area contributed by atoms with Crippen LogP contribution in [0.15, 0.2) is 18.2 Å². The van der Waals surface area contributed by atoms with Crippen molar-refractivity contribution in [1.29, 1.82) is 0 Å². The van der Waals surface area contributed by atoms with Crippen LogP contribution in [-0.2, 0) is 0 Å². The summed E-state index contributed by atoms with van der Waals surface area (Å²) in [5, 5.41) is 5.92. The van der Waals surface area contributed by atoms with E-state index in [1.807, 2.05) is 0 Å². The van der Waals surface area contributed by atoms with Crippen LogP contribution in [0.3, 0.4) is 0 Å². The van der Waals surface area contributed by atoms with E-state index in [0.717, 1.165) is 43.7 Å². The van der Waals surface area contributed by atoms with E-state index in [0.29, 0.717) is 18.9 Å². The number of likely N-dealkylation sites (tertiary alicyclic amines) is 1. The molecule has 2 aliphatic rings. The monoisotopic (exact) mass is 377 g/mol. The van der Waals surface area contributed by atoms with Gasteiger partial charge in [0.05, 0.1) is 12.6 Å². The third-order valence-corrected chi connectivity index (χ3v) is 5.48. The second-order valence-corrected chi connectivity index (χ2v) is 7.88. The summed E-state index contributed by atoms with van der Waals surface area (Å²) in [6.45, 7) is 7.09. The molecule has 2 heterocycles. The van der Waals surface area contributed by atoms with Crippen LogP contribution in [-0.4, -0.2) is 43.7 Å². The van der Waals surface area contributed by atoms with Crippen LogP contribution in [0.4, 0.5) is 9.18 Å². The summed E-state index contributed by atoms with van der Waals surface area (Å²) < 4.78 is 19.3. The molecular formula is C21H32FN3O2. The van der Waals surface area contributed by atoms with E-state index in [2.05, 4.69) is 22.5 Å². The fourth-order valence-electron chi connectivity index (χ4n) is 4.06. The van der Waals surface area contributed by atoms with Gasteiger partial charge in [0.25, 0.3) is 0 Å². The van der Waals surface area contributed by atoms with Crippen LogP contribution in [0.25, 0.3) is 0 Å². The number of benzene rings is 1. The molecule has 2 atom stereocenters. The number of hydrogen-bond donors (Lipinski definition) is 2. The number of nitrogens with zero attached hydrogens (tertiary/aromatic N) is 1. The molecule has 0 aromatic heterocycles. The van der Waals surface area contributed by atoms with E-state index in [4.69, 9.17) is 4.74 Å².